The number of nitrogens with one attached hydrogen (secondary N) is 1. The predicted molar refractivity (Wildman–Crippen MR) is 95.5 cm³/mol. The van der Waals surface area contributed by atoms with E-state index < -0.39 is 0 Å². The molecule has 1 aliphatic carbocycles. The average Bonchev–Trinajstić information content (AvgIpc) is 2.49. The molecule has 1 N–H and O–H groups in total. The van der Waals surface area contributed by atoms with Crippen molar-refractivity contribution in [1.82, 2.24) is 5.32 Å². The third kappa shape index (κ3) is 4.56. The summed E-state index contributed by atoms with van der Waals surface area (Å²) in [5.41, 5.74) is 3.24. The number of rotatable bonds is 5. The first-order chi connectivity index (χ1) is 9.92. The van der Waals surface area contributed by atoms with E-state index in [0.717, 1.165) is 12.5 Å². The molecule has 1 fully saturated rings. The minimum Gasteiger partial charge on any atom is -0.310 e. The molecule has 1 nitrogen and oxygen atoms in total. The second-order valence-corrected chi connectivity index (χ2v) is 8.21. The first-order valence-corrected chi connectivity index (χ1v) is 9.20. The highest BCUT2D eigenvalue weighted by Crippen LogP contribution is 2.40. The van der Waals surface area contributed by atoms with E-state index in [-0.39, 0.29) is 0 Å². The Labute approximate surface area is 139 Å². The zero-order valence-corrected chi connectivity index (χ0v) is 15.6. The van der Waals surface area contributed by atoms with Gasteiger partial charge < -0.3 is 5.32 Å². The lowest BCUT2D eigenvalue weighted by atomic mass is 9.69. The highest BCUT2D eigenvalue weighted by molar-refractivity contribution is 9.10. The van der Waals surface area contributed by atoms with Gasteiger partial charge in [0.05, 0.1) is 0 Å². The quantitative estimate of drug-likeness (QED) is 0.702. The average molecular weight is 352 g/mol. The molecule has 1 aliphatic rings. The molecule has 118 valence electrons. The lowest BCUT2D eigenvalue weighted by molar-refractivity contribution is 0.137. The van der Waals surface area contributed by atoms with E-state index in [1.165, 1.54) is 47.7 Å². The molecule has 0 aliphatic heterocycles. The van der Waals surface area contributed by atoms with E-state index in [1.54, 1.807) is 0 Å². The molecule has 0 atom stereocenters. The van der Waals surface area contributed by atoms with Crippen molar-refractivity contribution in [2.75, 3.05) is 0 Å². The molecule has 0 heterocycles. The molecule has 0 amide bonds. The Morgan fingerprint density at radius 2 is 1.86 bits per heavy atom. The van der Waals surface area contributed by atoms with Crippen molar-refractivity contribution in [3.05, 3.63) is 33.8 Å². The van der Waals surface area contributed by atoms with Crippen LogP contribution in [0.3, 0.4) is 0 Å². The van der Waals surface area contributed by atoms with Crippen LogP contribution in [0.2, 0.25) is 0 Å². The van der Waals surface area contributed by atoms with Crippen LogP contribution < -0.4 is 5.32 Å². The van der Waals surface area contributed by atoms with Crippen molar-refractivity contribution in [2.45, 2.75) is 72.4 Å². The highest BCUT2D eigenvalue weighted by Gasteiger charge is 2.31. The fourth-order valence-electron chi connectivity index (χ4n) is 3.45. The van der Waals surface area contributed by atoms with Gasteiger partial charge in [0, 0.05) is 17.1 Å². The molecule has 0 saturated heterocycles. The second kappa shape index (κ2) is 7.28. The zero-order valence-electron chi connectivity index (χ0n) is 14.0. The van der Waals surface area contributed by atoms with Crippen LogP contribution in [0, 0.1) is 18.3 Å². The monoisotopic (exact) mass is 351 g/mol. The van der Waals surface area contributed by atoms with Crippen LogP contribution in [0.4, 0.5) is 0 Å². The lowest BCUT2D eigenvalue weighted by Gasteiger charge is -2.39. The molecule has 0 unspecified atom stereocenters. The third-order valence-electron chi connectivity index (χ3n) is 5.56. The summed E-state index contributed by atoms with van der Waals surface area (Å²) in [6, 6.07) is 7.36. The van der Waals surface area contributed by atoms with Gasteiger partial charge in [-0.1, -0.05) is 55.3 Å². The fraction of sp³-hybridized carbons (Fsp3) is 0.684. The van der Waals surface area contributed by atoms with Crippen molar-refractivity contribution in [1.29, 1.82) is 0 Å². The Morgan fingerprint density at radius 1 is 1.19 bits per heavy atom. The SMILES string of the molecule is CCC(C)(C)C1CCC(NCc2ccc(Br)c(C)c2)CC1. The standard InChI is InChI=1S/C19H30BrN/c1-5-19(3,4)16-7-9-17(10-8-16)21-13-15-6-11-18(20)14(2)12-15/h6,11-12,16-17,21H,5,7-10,13H2,1-4H3. The maximum atomic E-state index is 3.76. The van der Waals surface area contributed by atoms with Crippen molar-refractivity contribution in [2.24, 2.45) is 11.3 Å². The minimum atomic E-state index is 0.522. The number of hydrogen-bond acceptors (Lipinski definition) is 1. The molecule has 1 saturated carbocycles. The highest BCUT2D eigenvalue weighted by atomic mass is 79.9. The Morgan fingerprint density at radius 3 is 2.43 bits per heavy atom. The van der Waals surface area contributed by atoms with Crippen LogP contribution in [0.25, 0.3) is 0 Å². The Kier molecular flexibility index (Phi) is 5.90. The molecule has 21 heavy (non-hydrogen) atoms. The Hall–Kier alpha value is -0.340. The van der Waals surface area contributed by atoms with Crippen LogP contribution in [0.15, 0.2) is 22.7 Å². The predicted octanol–water partition coefficient (Wildman–Crippen LogP) is 5.84. The summed E-state index contributed by atoms with van der Waals surface area (Å²) in [5.74, 6) is 0.912. The number of benzene rings is 1. The van der Waals surface area contributed by atoms with Gasteiger partial charge in [-0.15, -0.1) is 0 Å². The topological polar surface area (TPSA) is 12.0 Å². The van der Waals surface area contributed by atoms with Gasteiger partial charge in [-0.05, 0) is 61.1 Å². The second-order valence-electron chi connectivity index (χ2n) is 7.36. The third-order valence-corrected chi connectivity index (χ3v) is 6.45. The van der Waals surface area contributed by atoms with Gasteiger partial charge in [-0.2, -0.15) is 0 Å². The van der Waals surface area contributed by atoms with Crippen LogP contribution >= 0.6 is 15.9 Å². The van der Waals surface area contributed by atoms with E-state index in [1.807, 2.05) is 0 Å². The first kappa shape index (κ1) is 17.0. The molecule has 0 aromatic heterocycles. The molecule has 0 spiro atoms. The van der Waals surface area contributed by atoms with Gasteiger partial charge in [0.25, 0.3) is 0 Å². The largest absolute Gasteiger partial charge is 0.310 e. The van der Waals surface area contributed by atoms with Gasteiger partial charge >= 0.3 is 0 Å². The van der Waals surface area contributed by atoms with Crippen LogP contribution in [-0.4, -0.2) is 6.04 Å². The van der Waals surface area contributed by atoms with E-state index >= 15 is 0 Å². The van der Waals surface area contributed by atoms with Gasteiger partial charge in [-0.3, -0.25) is 0 Å². The maximum absolute atomic E-state index is 3.76. The van der Waals surface area contributed by atoms with Crippen molar-refractivity contribution in [3.63, 3.8) is 0 Å². The number of hydrogen-bond donors (Lipinski definition) is 1. The molecule has 1 aromatic rings. The van der Waals surface area contributed by atoms with Gasteiger partial charge in [0.1, 0.15) is 0 Å². The zero-order chi connectivity index (χ0) is 15.5. The maximum Gasteiger partial charge on any atom is 0.0208 e. The summed E-state index contributed by atoms with van der Waals surface area (Å²) >= 11 is 3.57. The van der Waals surface area contributed by atoms with Gasteiger partial charge in [0.15, 0.2) is 0 Å². The molecule has 2 rings (SSSR count). The Balaban J connectivity index is 1.80. The van der Waals surface area contributed by atoms with E-state index in [2.05, 4.69) is 67.1 Å². The first-order valence-electron chi connectivity index (χ1n) is 8.41. The van der Waals surface area contributed by atoms with Crippen LogP contribution in [0.1, 0.15) is 64.0 Å². The van der Waals surface area contributed by atoms with E-state index in [4.69, 9.17) is 0 Å². The van der Waals surface area contributed by atoms with Crippen molar-refractivity contribution in [3.8, 4) is 0 Å². The van der Waals surface area contributed by atoms with Crippen molar-refractivity contribution < 1.29 is 0 Å². The van der Waals surface area contributed by atoms with Gasteiger partial charge in [-0.25, -0.2) is 0 Å². The van der Waals surface area contributed by atoms with E-state index in [9.17, 15) is 0 Å². The van der Waals surface area contributed by atoms with Gasteiger partial charge in [0.2, 0.25) is 0 Å². The molecular weight excluding hydrogens is 322 g/mol. The lowest BCUT2D eigenvalue weighted by Crippen LogP contribution is -2.36. The number of halogens is 1. The smallest absolute Gasteiger partial charge is 0.0208 e. The summed E-state index contributed by atoms with van der Waals surface area (Å²) in [5, 5.41) is 3.76. The summed E-state index contributed by atoms with van der Waals surface area (Å²) in [4.78, 5) is 0. The van der Waals surface area contributed by atoms with Crippen molar-refractivity contribution >= 4 is 15.9 Å². The van der Waals surface area contributed by atoms with Crippen LogP contribution in [0.5, 0.6) is 0 Å². The molecule has 1 aromatic carbocycles. The number of aryl methyl sites for hydroxylation is 1. The summed E-state index contributed by atoms with van der Waals surface area (Å²) < 4.78 is 1.20. The normalized spacial score (nSPS) is 23.3. The molecule has 2 heteroatoms. The summed E-state index contributed by atoms with van der Waals surface area (Å²) in [6.45, 7) is 10.4. The van der Waals surface area contributed by atoms with Crippen LogP contribution in [-0.2, 0) is 6.54 Å². The summed E-state index contributed by atoms with van der Waals surface area (Å²) in [7, 11) is 0. The fourth-order valence-corrected chi connectivity index (χ4v) is 3.69. The molecule has 0 bridgehead atoms. The molecule has 0 radical (unpaired) electrons. The molecular formula is C19H30BrN. The van der Waals surface area contributed by atoms with E-state index in [0.29, 0.717) is 11.5 Å². The Bertz CT molecular complexity index is 459. The minimum absolute atomic E-state index is 0.522. The summed E-state index contributed by atoms with van der Waals surface area (Å²) in [6.07, 6.45) is 6.75.